The normalized spacial score (nSPS) is 20.0. The van der Waals surface area contributed by atoms with E-state index in [1.165, 1.54) is 12.1 Å². The first-order valence-electron chi connectivity index (χ1n) is 9.73. The van der Waals surface area contributed by atoms with E-state index in [0.29, 0.717) is 24.0 Å². The lowest BCUT2D eigenvalue weighted by Crippen LogP contribution is -2.58. The molecule has 1 N–H and O–H groups in total. The maximum atomic E-state index is 13.8. The summed E-state index contributed by atoms with van der Waals surface area (Å²) < 4.78 is 17.3. The van der Waals surface area contributed by atoms with Crippen molar-refractivity contribution in [1.29, 1.82) is 0 Å². The zero-order valence-corrected chi connectivity index (χ0v) is 16.3. The molecule has 0 radical (unpaired) electrons. The van der Waals surface area contributed by atoms with Crippen LogP contribution in [0.1, 0.15) is 42.8 Å². The van der Waals surface area contributed by atoms with Gasteiger partial charge in [0, 0.05) is 43.1 Å². The summed E-state index contributed by atoms with van der Waals surface area (Å²) in [6.45, 7) is 6.35. The molecule has 8 nitrogen and oxygen atoms in total. The average Bonchev–Trinajstić information content (AvgIpc) is 3.32. The first kappa shape index (κ1) is 17.8. The average molecular weight is 395 g/mol. The van der Waals surface area contributed by atoms with Crippen molar-refractivity contribution in [3.63, 3.8) is 0 Å². The van der Waals surface area contributed by atoms with Gasteiger partial charge in [-0.3, -0.25) is 4.79 Å². The minimum atomic E-state index is -0.316. The summed E-state index contributed by atoms with van der Waals surface area (Å²) >= 11 is 0. The lowest BCUT2D eigenvalue weighted by molar-refractivity contribution is -0.0377. The standard InChI is InChI=1S/C20H22FN7O/c1-20(2)12-27(18(29)16-24-19-23-7-4-9-28(19)25-16)15(20)17-22-8-10-26(17)14-6-3-5-13(21)11-14/h3,5-6,8,10-11,15H,4,7,9,12H2,1-2H3,(H,23,24,25). The Balaban J connectivity index is 1.49. The first-order valence-corrected chi connectivity index (χ1v) is 9.73. The number of aromatic nitrogens is 5. The highest BCUT2D eigenvalue weighted by molar-refractivity contribution is 5.92. The van der Waals surface area contributed by atoms with Crippen molar-refractivity contribution in [2.75, 3.05) is 18.4 Å². The number of anilines is 1. The molecule has 1 fully saturated rings. The summed E-state index contributed by atoms with van der Waals surface area (Å²) in [6, 6.07) is 6.09. The van der Waals surface area contributed by atoms with E-state index in [4.69, 9.17) is 0 Å². The number of carbonyl (C=O) groups is 1. The van der Waals surface area contributed by atoms with Gasteiger partial charge in [0.1, 0.15) is 11.6 Å². The number of carbonyl (C=O) groups excluding carboxylic acids is 1. The Labute approximate surface area is 167 Å². The number of likely N-dealkylation sites (tertiary alicyclic amines) is 1. The van der Waals surface area contributed by atoms with E-state index < -0.39 is 0 Å². The number of benzene rings is 1. The molecule has 0 saturated carbocycles. The topological polar surface area (TPSA) is 80.9 Å². The van der Waals surface area contributed by atoms with Crippen LogP contribution in [0.3, 0.4) is 0 Å². The summed E-state index contributed by atoms with van der Waals surface area (Å²) in [5.74, 6) is 0.994. The molecule has 0 aliphatic carbocycles. The third-order valence-corrected chi connectivity index (χ3v) is 5.58. The highest BCUT2D eigenvalue weighted by Crippen LogP contribution is 2.48. The number of amides is 1. The summed E-state index contributed by atoms with van der Waals surface area (Å²) in [5, 5.41) is 7.55. The second kappa shape index (κ2) is 6.40. The zero-order valence-electron chi connectivity index (χ0n) is 16.3. The van der Waals surface area contributed by atoms with Crippen molar-refractivity contribution < 1.29 is 9.18 Å². The predicted octanol–water partition coefficient (Wildman–Crippen LogP) is 2.64. The van der Waals surface area contributed by atoms with E-state index in [0.717, 1.165) is 19.5 Å². The Kier molecular flexibility index (Phi) is 3.94. The SMILES string of the molecule is CC1(C)CN(C(=O)c2nc3n(n2)CCCN3)C1c1nccn1-c1cccc(F)c1. The minimum Gasteiger partial charge on any atom is -0.354 e. The van der Waals surface area contributed by atoms with Crippen LogP contribution >= 0.6 is 0 Å². The van der Waals surface area contributed by atoms with Crippen LogP contribution in [-0.4, -0.2) is 48.2 Å². The number of aryl methyl sites for hydroxylation is 1. The summed E-state index contributed by atoms with van der Waals surface area (Å²) in [4.78, 5) is 23.9. The maximum absolute atomic E-state index is 13.8. The maximum Gasteiger partial charge on any atom is 0.294 e. The van der Waals surface area contributed by atoms with Crippen molar-refractivity contribution in [1.82, 2.24) is 29.2 Å². The van der Waals surface area contributed by atoms with Crippen LogP contribution in [0.2, 0.25) is 0 Å². The molecular formula is C20H22FN7O. The molecule has 29 heavy (non-hydrogen) atoms. The minimum absolute atomic E-state index is 0.177. The Bertz CT molecular complexity index is 1060. The monoisotopic (exact) mass is 395 g/mol. The second-order valence-corrected chi connectivity index (χ2v) is 8.22. The number of fused-ring (bicyclic) bond motifs is 1. The van der Waals surface area contributed by atoms with Crippen molar-refractivity contribution in [3.05, 3.63) is 54.1 Å². The lowest BCUT2D eigenvalue weighted by atomic mass is 9.74. The molecule has 1 saturated heterocycles. The van der Waals surface area contributed by atoms with E-state index in [9.17, 15) is 9.18 Å². The number of hydrogen-bond acceptors (Lipinski definition) is 5. The summed E-state index contributed by atoms with van der Waals surface area (Å²) in [6.07, 6.45) is 4.42. The van der Waals surface area contributed by atoms with Crippen molar-refractivity contribution in [2.45, 2.75) is 32.9 Å². The van der Waals surface area contributed by atoms with Crippen molar-refractivity contribution >= 4 is 11.9 Å². The molecule has 2 aliphatic heterocycles. The van der Waals surface area contributed by atoms with Gasteiger partial charge in [-0.15, -0.1) is 5.10 Å². The van der Waals surface area contributed by atoms with E-state index in [1.54, 1.807) is 28.0 Å². The molecule has 2 aliphatic rings. The van der Waals surface area contributed by atoms with Gasteiger partial charge in [0.05, 0.1) is 6.04 Å². The van der Waals surface area contributed by atoms with Crippen LogP contribution in [0.15, 0.2) is 36.7 Å². The second-order valence-electron chi connectivity index (χ2n) is 8.22. The highest BCUT2D eigenvalue weighted by Gasteiger charge is 2.52. The van der Waals surface area contributed by atoms with E-state index >= 15 is 0 Å². The molecule has 1 amide bonds. The molecule has 0 spiro atoms. The predicted molar refractivity (Wildman–Crippen MR) is 104 cm³/mol. The molecule has 1 atom stereocenters. The van der Waals surface area contributed by atoms with Crippen LogP contribution in [0.25, 0.3) is 5.69 Å². The Morgan fingerprint density at radius 2 is 2.21 bits per heavy atom. The molecule has 1 unspecified atom stereocenters. The zero-order chi connectivity index (χ0) is 20.2. The summed E-state index contributed by atoms with van der Waals surface area (Å²) in [7, 11) is 0. The van der Waals surface area contributed by atoms with Crippen molar-refractivity contribution in [3.8, 4) is 5.69 Å². The number of halogens is 1. The quantitative estimate of drug-likeness (QED) is 0.737. The van der Waals surface area contributed by atoms with E-state index in [-0.39, 0.29) is 29.0 Å². The van der Waals surface area contributed by atoms with Gasteiger partial charge in [0.25, 0.3) is 5.91 Å². The van der Waals surface area contributed by atoms with Gasteiger partial charge in [0.15, 0.2) is 0 Å². The van der Waals surface area contributed by atoms with Crippen LogP contribution in [0.5, 0.6) is 0 Å². The van der Waals surface area contributed by atoms with E-state index in [2.05, 4.69) is 34.2 Å². The third-order valence-electron chi connectivity index (χ3n) is 5.58. The fraction of sp³-hybridized carbons (Fsp3) is 0.400. The van der Waals surface area contributed by atoms with Gasteiger partial charge >= 0.3 is 0 Å². The molecule has 5 rings (SSSR count). The molecule has 0 bridgehead atoms. The van der Waals surface area contributed by atoms with Gasteiger partial charge in [0.2, 0.25) is 11.8 Å². The molecule has 9 heteroatoms. The molecule has 1 aromatic carbocycles. The Morgan fingerprint density at radius 1 is 1.34 bits per heavy atom. The van der Waals surface area contributed by atoms with E-state index in [1.807, 2.05) is 10.6 Å². The fourth-order valence-electron chi connectivity index (χ4n) is 4.24. The third kappa shape index (κ3) is 2.88. The van der Waals surface area contributed by atoms with Crippen LogP contribution in [-0.2, 0) is 6.54 Å². The molecule has 3 aromatic rings. The van der Waals surface area contributed by atoms with Gasteiger partial charge in [-0.1, -0.05) is 19.9 Å². The Morgan fingerprint density at radius 3 is 2.97 bits per heavy atom. The number of rotatable bonds is 3. The van der Waals surface area contributed by atoms with Crippen LogP contribution < -0.4 is 5.32 Å². The molecule has 150 valence electrons. The largest absolute Gasteiger partial charge is 0.354 e. The van der Waals surface area contributed by atoms with Gasteiger partial charge in [-0.25, -0.2) is 14.1 Å². The molecule has 4 heterocycles. The highest BCUT2D eigenvalue weighted by atomic mass is 19.1. The van der Waals surface area contributed by atoms with Crippen LogP contribution in [0, 0.1) is 11.2 Å². The van der Waals surface area contributed by atoms with Gasteiger partial charge in [-0.05, 0) is 24.6 Å². The first-order chi connectivity index (χ1) is 13.9. The number of nitrogens with one attached hydrogen (secondary N) is 1. The van der Waals surface area contributed by atoms with Gasteiger partial charge in [-0.2, -0.15) is 4.98 Å². The fourth-order valence-corrected chi connectivity index (χ4v) is 4.24. The van der Waals surface area contributed by atoms with Gasteiger partial charge < -0.3 is 14.8 Å². The smallest absolute Gasteiger partial charge is 0.294 e. The number of hydrogen-bond donors (Lipinski definition) is 1. The number of nitrogens with zero attached hydrogens (tertiary/aromatic N) is 6. The van der Waals surface area contributed by atoms with Crippen molar-refractivity contribution in [2.24, 2.45) is 5.41 Å². The summed E-state index contributed by atoms with van der Waals surface area (Å²) in [5.41, 5.74) is 0.497. The lowest BCUT2D eigenvalue weighted by Gasteiger charge is -2.53. The molecular weight excluding hydrogens is 373 g/mol. The molecule has 2 aromatic heterocycles. The Hall–Kier alpha value is -3.23. The number of imidazole rings is 1. The van der Waals surface area contributed by atoms with Crippen LogP contribution in [0.4, 0.5) is 10.3 Å².